The molecule has 0 aliphatic heterocycles. The van der Waals surface area contributed by atoms with Crippen molar-refractivity contribution in [3.8, 4) is 0 Å². The first-order chi connectivity index (χ1) is 11.7. The van der Waals surface area contributed by atoms with Crippen LogP contribution in [0.2, 0.25) is 5.02 Å². The van der Waals surface area contributed by atoms with Crippen molar-refractivity contribution < 1.29 is 17.6 Å². The third-order valence-electron chi connectivity index (χ3n) is 3.67. The zero-order chi connectivity index (χ0) is 18.6. The Hall–Kier alpha value is -1.83. The number of furan rings is 1. The summed E-state index contributed by atoms with van der Waals surface area (Å²) >= 11 is 6.18. The Morgan fingerprint density at radius 2 is 2.04 bits per heavy atom. The first-order valence-corrected chi connectivity index (χ1v) is 9.93. The van der Waals surface area contributed by atoms with Crippen molar-refractivity contribution in [2.75, 3.05) is 18.1 Å². The summed E-state index contributed by atoms with van der Waals surface area (Å²) < 4.78 is 30.2. The summed E-state index contributed by atoms with van der Waals surface area (Å²) in [5.41, 5.74) is 2.41. The smallest absolute Gasteiger partial charge is 0.225 e. The van der Waals surface area contributed by atoms with Crippen LogP contribution in [0.15, 0.2) is 34.9 Å². The fourth-order valence-corrected chi connectivity index (χ4v) is 3.59. The van der Waals surface area contributed by atoms with Gasteiger partial charge in [-0.1, -0.05) is 17.7 Å². The van der Waals surface area contributed by atoms with E-state index in [9.17, 15) is 13.2 Å². The molecule has 0 saturated heterocycles. The minimum absolute atomic E-state index is 0.0113. The average Bonchev–Trinajstić information content (AvgIpc) is 2.99. The summed E-state index contributed by atoms with van der Waals surface area (Å²) in [5, 5.41) is 3.22. The lowest BCUT2D eigenvalue weighted by Crippen LogP contribution is -2.32. The Bertz CT molecular complexity index is 825. The van der Waals surface area contributed by atoms with E-state index in [0.717, 1.165) is 17.4 Å². The quantitative estimate of drug-likeness (QED) is 0.793. The molecular weight excluding hydrogens is 364 g/mol. The maximum atomic E-state index is 12.2. The highest BCUT2D eigenvalue weighted by atomic mass is 35.5. The van der Waals surface area contributed by atoms with Crippen LogP contribution in [0, 0.1) is 13.8 Å². The van der Waals surface area contributed by atoms with Crippen molar-refractivity contribution in [1.82, 2.24) is 4.31 Å². The summed E-state index contributed by atoms with van der Waals surface area (Å²) in [7, 11) is -3.46. The zero-order valence-electron chi connectivity index (χ0n) is 14.4. The van der Waals surface area contributed by atoms with E-state index in [1.807, 2.05) is 19.9 Å². The van der Waals surface area contributed by atoms with Gasteiger partial charge in [0.2, 0.25) is 15.9 Å². The van der Waals surface area contributed by atoms with Gasteiger partial charge in [-0.05, 0) is 43.2 Å². The van der Waals surface area contributed by atoms with Crippen LogP contribution in [-0.2, 0) is 21.4 Å². The van der Waals surface area contributed by atoms with E-state index in [-0.39, 0.29) is 25.4 Å². The van der Waals surface area contributed by atoms with Crippen LogP contribution in [-0.4, -0.2) is 31.4 Å². The molecule has 2 rings (SSSR count). The van der Waals surface area contributed by atoms with E-state index in [1.165, 1.54) is 10.6 Å². The van der Waals surface area contributed by atoms with Crippen LogP contribution in [0.5, 0.6) is 0 Å². The van der Waals surface area contributed by atoms with Gasteiger partial charge in [-0.3, -0.25) is 4.79 Å². The Morgan fingerprint density at radius 3 is 2.60 bits per heavy atom. The van der Waals surface area contributed by atoms with Crippen molar-refractivity contribution in [2.45, 2.75) is 26.8 Å². The molecule has 0 bridgehead atoms. The first kappa shape index (κ1) is 19.5. The second-order valence-electron chi connectivity index (χ2n) is 5.91. The van der Waals surface area contributed by atoms with Crippen LogP contribution in [0.1, 0.15) is 23.3 Å². The molecule has 8 heteroatoms. The van der Waals surface area contributed by atoms with Crippen molar-refractivity contribution in [1.29, 1.82) is 0 Å². The van der Waals surface area contributed by atoms with Crippen LogP contribution in [0.3, 0.4) is 0 Å². The molecule has 0 saturated carbocycles. The third-order valence-corrected chi connectivity index (χ3v) is 5.21. The molecule has 1 aromatic heterocycles. The predicted octanol–water partition coefficient (Wildman–Crippen LogP) is 3.34. The minimum Gasteiger partial charge on any atom is -0.468 e. The number of sulfonamides is 1. The lowest BCUT2D eigenvalue weighted by atomic mass is 10.1. The maximum Gasteiger partial charge on any atom is 0.225 e. The number of carbonyl (C=O) groups excluding carboxylic acids is 1. The summed E-state index contributed by atoms with van der Waals surface area (Å²) in [6.07, 6.45) is 2.59. The second kappa shape index (κ2) is 8.03. The Labute approximate surface area is 152 Å². The lowest BCUT2D eigenvalue weighted by Gasteiger charge is -2.19. The number of anilines is 1. The van der Waals surface area contributed by atoms with Crippen LogP contribution >= 0.6 is 11.6 Å². The maximum absolute atomic E-state index is 12.2. The molecule has 6 nitrogen and oxygen atoms in total. The van der Waals surface area contributed by atoms with Gasteiger partial charge in [-0.2, -0.15) is 4.31 Å². The molecule has 0 fully saturated rings. The van der Waals surface area contributed by atoms with Gasteiger partial charge in [0, 0.05) is 13.0 Å². The molecule has 0 atom stereocenters. The molecule has 1 amide bonds. The highest BCUT2D eigenvalue weighted by Crippen LogP contribution is 2.27. The molecule has 0 radical (unpaired) electrons. The fraction of sp³-hybridized carbons (Fsp3) is 0.353. The number of amides is 1. The van der Waals surface area contributed by atoms with Crippen molar-refractivity contribution >= 4 is 33.2 Å². The number of aryl methyl sites for hydroxylation is 2. The molecule has 0 unspecified atom stereocenters. The normalized spacial score (nSPS) is 11.7. The molecule has 1 N–H and O–H groups in total. The van der Waals surface area contributed by atoms with E-state index in [2.05, 4.69) is 5.32 Å². The Kier molecular flexibility index (Phi) is 6.26. The molecule has 136 valence electrons. The van der Waals surface area contributed by atoms with Gasteiger partial charge in [0.25, 0.3) is 0 Å². The summed E-state index contributed by atoms with van der Waals surface area (Å²) in [6, 6.07) is 7.06. The number of hydrogen-bond donors (Lipinski definition) is 1. The molecule has 0 aliphatic carbocycles. The largest absolute Gasteiger partial charge is 0.468 e. The van der Waals surface area contributed by atoms with Crippen molar-refractivity contribution in [3.63, 3.8) is 0 Å². The van der Waals surface area contributed by atoms with Crippen LogP contribution in [0.4, 0.5) is 5.69 Å². The second-order valence-corrected chi connectivity index (χ2v) is 8.30. The van der Waals surface area contributed by atoms with Gasteiger partial charge in [0.05, 0.1) is 29.8 Å². The predicted molar refractivity (Wildman–Crippen MR) is 98.1 cm³/mol. The number of nitrogens with zero attached hydrogens (tertiary/aromatic N) is 1. The molecule has 0 aliphatic rings. The number of nitrogens with one attached hydrogen (secondary N) is 1. The number of rotatable bonds is 7. The fourth-order valence-electron chi connectivity index (χ4n) is 2.44. The van der Waals surface area contributed by atoms with Gasteiger partial charge in [0.15, 0.2) is 0 Å². The number of halogens is 1. The van der Waals surface area contributed by atoms with Gasteiger partial charge in [-0.15, -0.1) is 0 Å². The molecule has 1 heterocycles. The molecule has 2 aromatic rings. The van der Waals surface area contributed by atoms with Crippen molar-refractivity contribution in [2.24, 2.45) is 0 Å². The summed E-state index contributed by atoms with van der Waals surface area (Å²) in [5.74, 6) is 0.213. The van der Waals surface area contributed by atoms with E-state index in [1.54, 1.807) is 18.2 Å². The SMILES string of the molecule is Cc1cc(C)c(NC(=O)CCN(Cc2ccco2)S(C)(=O)=O)c(Cl)c1. The summed E-state index contributed by atoms with van der Waals surface area (Å²) in [6.45, 7) is 3.91. The average molecular weight is 385 g/mol. The van der Waals surface area contributed by atoms with E-state index >= 15 is 0 Å². The standard InChI is InChI=1S/C17H21ClN2O4S/c1-12-9-13(2)17(15(18)10-12)19-16(21)6-7-20(25(3,22)23)11-14-5-4-8-24-14/h4-5,8-10H,6-7,11H2,1-3H3,(H,19,21). The highest BCUT2D eigenvalue weighted by Gasteiger charge is 2.20. The third kappa shape index (κ3) is 5.59. The van der Waals surface area contributed by atoms with Gasteiger partial charge in [-0.25, -0.2) is 8.42 Å². The van der Waals surface area contributed by atoms with E-state index in [0.29, 0.717) is 16.5 Å². The summed E-state index contributed by atoms with van der Waals surface area (Å²) in [4.78, 5) is 12.2. The van der Waals surface area contributed by atoms with E-state index in [4.69, 9.17) is 16.0 Å². The lowest BCUT2D eigenvalue weighted by molar-refractivity contribution is -0.116. The van der Waals surface area contributed by atoms with Gasteiger partial charge in [0.1, 0.15) is 5.76 Å². The van der Waals surface area contributed by atoms with Gasteiger partial charge >= 0.3 is 0 Å². The molecule has 1 aromatic carbocycles. The van der Waals surface area contributed by atoms with Crippen molar-refractivity contribution in [3.05, 3.63) is 52.4 Å². The highest BCUT2D eigenvalue weighted by molar-refractivity contribution is 7.88. The number of carbonyl (C=O) groups is 1. The Balaban J connectivity index is 2.02. The van der Waals surface area contributed by atoms with Gasteiger partial charge < -0.3 is 9.73 Å². The number of benzene rings is 1. The van der Waals surface area contributed by atoms with Crippen LogP contribution < -0.4 is 5.32 Å². The molecule has 0 spiro atoms. The van der Waals surface area contributed by atoms with E-state index < -0.39 is 10.0 Å². The monoisotopic (exact) mass is 384 g/mol. The molecular formula is C17H21ClN2O4S. The zero-order valence-corrected chi connectivity index (χ0v) is 15.9. The minimum atomic E-state index is -3.46. The topological polar surface area (TPSA) is 79.6 Å². The van der Waals surface area contributed by atoms with Crippen LogP contribution in [0.25, 0.3) is 0 Å². The number of hydrogen-bond acceptors (Lipinski definition) is 4. The molecule has 25 heavy (non-hydrogen) atoms. The Morgan fingerprint density at radius 1 is 1.32 bits per heavy atom. The first-order valence-electron chi connectivity index (χ1n) is 7.71.